The van der Waals surface area contributed by atoms with Crippen LogP contribution in [0.25, 0.3) is 0 Å². The van der Waals surface area contributed by atoms with E-state index in [1.807, 2.05) is 64.9 Å². The number of ketones is 1. The first-order valence-electron chi connectivity index (χ1n) is 19.5. The summed E-state index contributed by atoms with van der Waals surface area (Å²) in [7, 11) is 6.93. The number of amides is 1. The first kappa shape index (κ1) is 44.6. The number of alkyl carbamates (subject to hydrolysis) is 1. The van der Waals surface area contributed by atoms with Crippen LogP contribution in [-0.2, 0) is 39.7 Å². The Kier molecular flexibility index (Phi) is 16.1. The smallest absolute Gasteiger partial charge is 0.407 e. The minimum atomic E-state index is -1.24. The summed E-state index contributed by atoms with van der Waals surface area (Å²) < 4.78 is 31.8. The van der Waals surface area contributed by atoms with Gasteiger partial charge in [-0.05, 0) is 91.3 Å². The standard InChI is InChI=1S/C42H68N2O9/c1-14-32-27(5)31(22-21-30-19-17-16-18-20-30)25(3)24-41(8,49-13)37(52-39-36(46)33(44(11)12)23-26(4)50-39)28(6)35(45)29(7)38(47)51-34(15-2)42(32,9)53-40(48)43-10/h16-20,22,25-29,32-34,36-37,39,46H,14-15,21,23-24H2,1-13H3,(H,43,48)/b31-22+/t25-,26-,27+,28+,29-,32+,33+,34-,36-,37-,39+,41-,42+/m1/s1. The first-order chi connectivity index (χ1) is 24.9. The van der Waals surface area contributed by atoms with Crippen LogP contribution in [0.2, 0.25) is 0 Å². The van der Waals surface area contributed by atoms with Crippen LogP contribution in [0.3, 0.4) is 0 Å². The highest BCUT2D eigenvalue weighted by Crippen LogP contribution is 2.45. The molecule has 1 aromatic rings. The maximum atomic E-state index is 14.4. The average molecular weight is 745 g/mol. The summed E-state index contributed by atoms with van der Waals surface area (Å²) in [4.78, 5) is 43.4. The molecule has 2 aliphatic rings. The molecule has 3 rings (SSSR count). The fourth-order valence-corrected chi connectivity index (χ4v) is 8.94. The highest BCUT2D eigenvalue weighted by atomic mass is 16.7. The van der Waals surface area contributed by atoms with E-state index in [1.165, 1.54) is 7.05 Å². The predicted octanol–water partition coefficient (Wildman–Crippen LogP) is 6.35. The molecule has 0 saturated carbocycles. The highest BCUT2D eigenvalue weighted by molar-refractivity contribution is 6.00. The number of nitrogens with one attached hydrogen (secondary N) is 1. The normalized spacial score (nSPS) is 38.6. The average Bonchev–Trinajstić information content (AvgIpc) is 3.12. The Bertz CT molecular complexity index is 1390. The molecule has 2 aliphatic heterocycles. The number of likely N-dealkylation sites (N-methyl/N-ethyl adjacent to an activating group) is 1. The summed E-state index contributed by atoms with van der Waals surface area (Å²) >= 11 is 0. The molecule has 1 amide bonds. The van der Waals surface area contributed by atoms with E-state index in [0.717, 1.165) is 11.1 Å². The molecule has 0 aliphatic carbocycles. The fraction of sp³-hybridized carbons (Fsp3) is 0.738. The van der Waals surface area contributed by atoms with Gasteiger partial charge in [-0.3, -0.25) is 9.59 Å². The van der Waals surface area contributed by atoms with Crippen molar-refractivity contribution in [3.05, 3.63) is 47.5 Å². The third-order valence-electron chi connectivity index (χ3n) is 12.1. The van der Waals surface area contributed by atoms with Crippen LogP contribution in [0.5, 0.6) is 0 Å². The van der Waals surface area contributed by atoms with Crippen molar-refractivity contribution in [3.8, 4) is 0 Å². The van der Waals surface area contributed by atoms with Gasteiger partial charge in [0.2, 0.25) is 0 Å². The minimum absolute atomic E-state index is 0.112. The van der Waals surface area contributed by atoms with Gasteiger partial charge in [0.25, 0.3) is 0 Å². The SMILES string of the molecule is CC[C@H]1OC(=O)[C@H](C)C(=O)[C@H](C)[C@@H](O[C@@H]2O[C@H](C)C[C@H](N(C)C)[C@H]2O)[C@](C)(OC)C[C@@H](C)/C(=C\Cc2ccccc2)[C@H](C)[C@H](CC)[C@]1(C)OC(=O)NC. The molecule has 2 N–H and O–H groups in total. The molecule has 2 fully saturated rings. The molecule has 0 radical (unpaired) electrons. The quantitative estimate of drug-likeness (QED) is 0.168. The van der Waals surface area contributed by atoms with Crippen molar-refractivity contribution in [2.45, 2.75) is 142 Å². The number of methoxy groups -OCH3 is 1. The van der Waals surface area contributed by atoms with Crippen LogP contribution >= 0.6 is 0 Å². The topological polar surface area (TPSA) is 133 Å². The van der Waals surface area contributed by atoms with E-state index in [4.69, 9.17) is 23.7 Å². The maximum absolute atomic E-state index is 14.4. The molecule has 53 heavy (non-hydrogen) atoms. The molecule has 300 valence electrons. The zero-order valence-electron chi connectivity index (χ0n) is 34.5. The van der Waals surface area contributed by atoms with Gasteiger partial charge in [-0.1, -0.05) is 76.6 Å². The van der Waals surface area contributed by atoms with Gasteiger partial charge in [0.05, 0.1) is 17.8 Å². The largest absolute Gasteiger partial charge is 0.458 e. The first-order valence-corrected chi connectivity index (χ1v) is 19.5. The molecular weight excluding hydrogens is 676 g/mol. The van der Waals surface area contributed by atoms with Crippen LogP contribution in [0, 0.1) is 29.6 Å². The number of ether oxygens (including phenoxy) is 5. The number of hydrogen-bond acceptors (Lipinski definition) is 10. The lowest BCUT2D eigenvalue weighted by atomic mass is 9.67. The van der Waals surface area contributed by atoms with Gasteiger partial charge in [0.1, 0.15) is 18.1 Å². The van der Waals surface area contributed by atoms with Crippen molar-refractivity contribution in [3.63, 3.8) is 0 Å². The van der Waals surface area contributed by atoms with Crippen molar-refractivity contribution in [2.24, 2.45) is 29.6 Å². The lowest BCUT2D eigenvalue weighted by Gasteiger charge is -2.48. The van der Waals surface area contributed by atoms with Crippen LogP contribution in [0.4, 0.5) is 4.79 Å². The molecule has 0 bridgehead atoms. The fourth-order valence-electron chi connectivity index (χ4n) is 8.94. The number of Topliss-reactive ketones (excluding diaryl/α,β-unsaturated/α-hetero) is 1. The number of aliphatic hydroxyl groups excluding tert-OH is 1. The molecule has 2 heterocycles. The van der Waals surface area contributed by atoms with Crippen LogP contribution < -0.4 is 5.32 Å². The number of allylic oxidation sites excluding steroid dienone is 2. The van der Waals surface area contributed by atoms with E-state index >= 15 is 0 Å². The highest BCUT2D eigenvalue weighted by Gasteiger charge is 2.52. The van der Waals surface area contributed by atoms with Crippen molar-refractivity contribution < 1.29 is 43.2 Å². The van der Waals surface area contributed by atoms with E-state index < -0.39 is 59.7 Å². The lowest BCUT2D eigenvalue weighted by molar-refractivity contribution is -0.295. The van der Waals surface area contributed by atoms with E-state index in [0.29, 0.717) is 32.1 Å². The van der Waals surface area contributed by atoms with Gasteiger partial charge in [-0.15, -0.1) is 0 Å². The van der Waals surface area contributed by atoms with E-state index in [9.17, 15) is 19.5 Å². The second kappa shape index (κ2) is 19.2. The second-order valence-corrected chi connectivity index (χ2v) is 16.0. The Balaban J connectivity index is 2.27. The molecule has 0 spiro atoms. The van der Waals surface area contributed by atoms with Crippen LogP contribution in [0.15, 0.2) is 42.0 Å². The second-order valence-electron chi connectivity index (χ2n) is 16.0. The molecule has 1 aromatic carbocycles. The molecule has 0 unspecified atom stereocenters. The number of hydrogen-bond donors (Lipinski definition) is 2. The van der Waals surface area contributed by atoms with E-state index in [2.05, 4.69) is 44.3 Å². The maximum Gasteiger partial charge on any atom is 0.407 e. The Morgan fingerprint density at radius 3 is 2.23 bits per heavy atom. The van der Waals surface area contributed by atoms with Crippen molar-refractivity contribution in [2.75, 3.05) is 28.3 Å². The number of carbonyl (C=O) groups excluding carboxylic acids is 3. The number of aliphatic hydroxyl groups is 1. The van der Waals surface area contributed by atoms with E-state index in [-0.39, 0.29) is 35.7 Å². The third kappa shape index (κ3) is 10.3. The van der Waals surface area contributed by atoms with Gasteiger partial charge in [0, 0.05) is 32.0 Å². The van der Waals surface area contributed by atoms with E-state index in [1.54, 1.807) is 21.0 Å². The molecule has 2 saturated heterocycles. The summed E-state index contributed by atoms with van der Waals surface area (Å²) in [5, 5.41) is 14.1. The van der Waals surface area contributed by atoms with Crippen LogP contribution in [-0.4, -0.2) is 104 Å². The zero-order valence-corrected chi connectivity index (χ0v) is 34.5. The van der Waals surface area contributed by atoms with Gasteiger partial charge < -0.3 is 39.0 Å². The predicted molar refractivity (Wildman–Crippen MR) is 205 cm³/mol. The third-order valence-corrected chi connectivity index (χ3v) is 12.1. The minimum Gasteiger partial charge on any atom is -0.458 e. The Morgan fingerprint density at radius 1 is 1.04 bits per heavy atom. The van der Waals surface area contributed by atoms with Crippen molar-refractivity contribution in [1.29, 1.82) is 0 Å². The number of cyclic esters (lactones) is 1. The van der Waals surface area contributed by atoms with Crippen LogP contribution in [0.1, 0.15) is 93.6 Å². The summed E-state index contributed by atoms with van der Waals surface area (Å²) in [5.74, 6) is -3.67. The summed E-state index contributed by atoms with van der Waals surface area (Å²) in [5.41, 5.74) is -0.0582. The molecule has 13 atom stereocenters. The molecule has 0 aromatic heterocycles. The Hall–Kier alpha value is -2.83. The van der Waals surface area contributed by atoms with Crippen molar-refractivity contribution >= 4 is 17.8 Å². The van der Waals surface area contributed by atoms with Gasteiger partial charge in [-0.25, -0.2) is 4.79 Å². The number of benzene rings is 1. The molecule has 11 nitrogen and oxygen atoms in total. The number of carbonyl (C=O) groups is 3. The number of rotatable bonds is 9. The van der Waals surface area contributed by atoms with Gasteiger partial charge in [-0.2, -0.15) is 0 Å². The molecule has 11 heteroatoms. The monoisotopic (exact) mass is 744 g/mol. The Morgan fingerprint density at radius 2 is 1.68 bits per heavy atom. The molecular formula is C42H68N2O9. The summed E-state index contributed by atoms with van der Waals surface area (Å²) in [6, 6.07) is 9.98. The zero-order chi connectivity index (χ0) is 39.8. The lowest BCUT2D eigenvalue weighted by Crippen LogP contribution is -2.59. The van der Waals surface area contributed by atoms with Gasteiger partial charge in [0.15, 0.2) is 17.7 Å². The number of nitrogens with zero attached hydrogens (tertiary/aromatic N) is 1. The Labute approximate surface area is 318 Å². The van der Waals surface area contributed by atoms with Crippen molar-refractivity contribution in [1.82, 2.24) is 10.2 Å². The number of esters is 1. The van der Waals surface area contributed by atoms with Gasteiger partial charge >= 0.3 is 12.1 Å². The summed E-state index contributed by atoms with van der Waals surface area (Å²) in [6.07, 6.45) is 0.315. The summed E-state index contributed by atoms with van der Waals surface area (Å²) in [6.45, 7) is 17.2.